The number of hydrogen-bond acceptors (Lipinski definition) is 7. The number of nitrogens with one attached hydrogen (secondary N) is 2. The van der Waals surface area contributed by atoms with E-state index >= 15 is 0 Å². The third kappa shape index (κ3) is 5.85. The van der Waals surface area contributed by atoms with Crippen LogP contribution in [0, 0.1) is 17.3 Å². The van der Waals surface area contributed by atoms with Crippen molar-refractivity contribution in [2.24, 2.45) is 17.3 Å². The van der Waals surface area contributed by atoms with Crippen LogP contribution in [-0.4, -0.2) is 77.2 Å². The molecule has 4 atom stereocenters. The van der Waals surface area contributed by atoms with E-state index in [4.69, 9.17) is 16.3 Å². The molecule has 43 heavy (non-hydrogen) atoms. The van der Waals surface area contributed by atoms with Crippen molar-refractivity contribution in [1.82, 2.24) is 25.8 Å². The SMILES string of the molecule is C[C@@H]1CC(=O)N(C[C@@H]2c3c(OCC4=C(C(F)(F)F)N(C)NN4)ccc(Cl)c3CCN2C(=O)[C@@H]2CCCC[C@]2(C)C(=O)O)C1. The Morgan fingerprint density at radius 2 is 2.00 bits per heavy atom. The lowest BCUT2D eigenvalue weighted by molar-refractivity contribution is -0.162. The van der Waals surface area contributed by atoms with Gasteiger partial charge >= 0.3 is 12.1 Å². The van der Waals surface area contributed by atoms with E-state index < -0.39 is 41.8 Å². The summed E-state index contributed by atoms with van der Waals surface area (Å²) in [6, 6.07) is 2.45. The zero-order valence-corrected chi connectivity index (χ0v) is 25.1. The molecule has 10 nitrogen and oxygen atoms in total. The maximum atomic E-state index is 14.3. The van der Waals surface area contributed by atoms with Gasteiger partial charge in [-0.05, 0) is 49.8 Å². The summed E-state index contributed by atoms with van der Waals surface area (Å²) in [6.07, 6.45) is -1.69. The lowest BCUT2D eigenvalue weighted by atomic mass is 9.66. The van der Waals surface area contributed by atoms with E-state index in [-0.39, 0.29) is 42.3 Å². The normalized spacial score (nSPS) is 27.8. The number of likely N-dealkylation sites (tertiary alicyclic amines) is 1. The average molecular weight is 628 g/mol. The fourth-order valence-electron chi connectivity index (χ4n) is 6.98. The van der Waals surface area contributed by atoms with Crippen LogP contribution in [0.4, 0.5) is 13.2 Å². The number of halogens is 4. The van der Waals surface area contributed by atoms with Gasteiger partial charge in [-0.3, -0.25) is 19.4 Å². The zero-order chi connectivity index (χ0) is 31.3. The fraction of sp³-hybridized carbons (Fsp3) is 0.621. The first-order valence-corrected chi connectivity index (χ1v) is 14.9. The fourth-order valence-corrected chi connectivity index (χ4v) is 7.24. The van der Waals surface area contributed by atoms with Crippen LogP contribution >= 0.6 is 11.6 Å². The summed E-state index contributed by atoms with van der Waals surface area (Å²) < 4.78 is 47.2. The number of aliphatic carboxylic acids is 1. The van der Waals surface area contributed by atoms with Crippen molar-refractivity contribution in [2.75, 3.05) is 33.3 Å². The first kappa shape index (κ1) is 31.2. The average Bonchev–Trinajstić information content (AvgIpc) is 3.48. The summed E-state index contributed by atoms with van der Waals surface area (Å²) in [5.74, 6) is -1.79. The Hall–Kier alpha value is -3.19. The topological polar surface area (TPSA) is 114 Å². The van der Waals surface area contributed by atoms with Crippen LogP contribution in [0.2, 0.25) is 5.02 Å². The van der Waals surface area contributed by atoms with Crippen LogP contribution < -0.4 is 15.7 Å². The molecule has 0 bridgehead atoms. The van der Waals surface area contributed by atoms with Crippen molar-refractivity contribution in [2.45, 2.75) is 64.6 Å². The standard InChI is InChI=1S/C29H37ClF3N5O5/c1-16-12-23(39)37(13-16)14-21-24-17(9-11-38(21)26(40)18-6-4-5-10-28(18,2)27(41)42)19(30)7-8-22(24)43-15-20-25(29(31,32)33)36(3)35-34-20/h7-8,16,18,21,34-35H,4-6,9-15H2,1-3H3,(H,41,42)/t16-,18+,21-,28+/m1/s1. The summed E-state index contributed by atoms with van der Waals surface area (Å²) in [6.45, 7) is 4.00. The Bertz CT molecular complexity index is 1340. The Kier molecular flexibility index (Phi) is 8.51. The largest absolute Gasteiger partial charge is 0.487 e. The molecule has 1 saturated heterocycles. The smallest absolute Gasteiger partial charge is 0.434 e. The summed E-state index contributed by atoms with van der Waals surface area (Å²) in [5, 5.41) is 11.4. The minimum Gasteiger partial charge on any atom is -0.487 e. The number of hydrazine groups is 2. The van der Waals surface area contributed by atoms with Gasteiger partial charge in [0.15, 0.2) is 5.70 Å². The molecule has 4 aliphatic rings. The molecule has 2 amide bonds. The van der Waals surface area contributed by atoms with Gasteiger partial charge in [0.2, 0.25) is 11.8 Å². The molecule has 236 valence electrons. The maximum absolute atomic E-state index is 14.3. The lowest BCUT2D eigenvalue weighted by Crippen LogP contribution is -2.52. The highest BCUT2D eigenvalue weighted by Crippen LogP contribution is 2.46. The quantitative estimate of drug-likeness (QED) is 0.416. The van der Waals surface area contributed by atoms with Crippen molar-refractivity contribution in [1.29, 1.82) is 0 Å². The lowest BCUT2D eigenvalue weighted by Gasteiger charge is -2.45. The van der Waals surface area contributed by atoms with Gasteiger partial charge in [-0.1, -0.05) is 31.4 Å². The Labute approximate surface area is 253 Å². The van der Waals surface area contributed by atoms with Crippen LogP contribution in [0.1, 0.15) is 63.1 Å². The van der Waals surface area contributed by atoms with Crippen molar-refractivity contribution < 1.29 is 37.4 Å². The van der Waals surface area contributed by atoms with Gasteiger partial charge in [0.05, 0.1) is 23.1 Å². The van der Waals surface area contributed by atoms with Gasteiger partial charge in [0.1, 0.15) is 12.4 Å². The van der Waals surface area contributed by atoms with E-state index in [1.165, 1.54) is 7.05 Å². The van der Waals surface area contributed by atoms with Gasteiger partial charge in [-0.15, -0.1) is 5.53 Å². The molecule has 0 aromatic heterocycles. The van der Waals surface area contributed by atoms with E-state index in [1.54, 1.807) is 28.9 Å². The van der Waals surface area contributed by atoms with Crippen LogP contribution in [0.5, 0.6) is 5.75 Å². The predicted octanol–water partition coefficient (Wildman–Crippen LogP) is 4.02. The van der Waals surface area contributed by atoms with Crippen LogP contribution in [0.3, 0.4) is 0 Å². The highest BCUT2D eigenvalue weighted by molar-refractivity contribution is 6.31. The number of carboxylic acid groups (broad SMARTS) is 1. The van der Waals surface area contributed by atoms with Gasteiger partial charge < -0.3 is 25.1 Å². The number of alkyl halides is 3. The zero-order valence-electron chi connectivity index (χ0n) is 24.4. The monoisotopic (exact) mass is 627 g/mol. The highest BCUT2D eigenvalue weighted by atomic mass is 35.5. The van der Waals surface area contributed by atoms with Crippen molar-refractivity contribution >= 4 is 29.4 Å². The van der Waals surface area contributed by atoms with Gasteiger partial charge in [0, 0.05) is 43.7 Å². The van der Waals surface area contributed by atoms with Crippen LogP contribution in [-0.2, 0) is 20.8 Å². The number of carbonyl (C=O) groups is 3. The number of benzene rings is 1. The molecule has 2 fully saturated rings. The third-order valence-corrected chi connectivity index (χ3v) is 9.64. The van der Waals surface area contributed by atoms with Gasteiger partial charge in [-0.25, -0.2) is 0 Å². The Morgan fingerprint density at radius 3 is 2.65 bits per heavy atom. The molecule has 3 heterocycles. The number of nitrogens with zero attached hydrogens (tertiary/aromatic N) is 3. The summed E-state index contributed by atoms with van der Waals surface area (Å²) >= 11 is 6.64. The second-order valence-electron chi connectivity index (χ2n) is 12.3. The number of carbonyl (C=O) groups excluding carboxylic acids is 2. The van der Waals surface area contributed by atoms with E-state index in [0.717, 1.165) is 11.4 Å². The molecular formula is C29H37ClF3N5O5. The van der Waals surface area contributed by atoms with E-state index in [2.05, 4.69) is 11.0 Å². The molecule has 3 N–H and O–H groups in total. The predicted molar refractivity (Wildman–Crippen MR) is 150 cm³/mol. The summed E-state index contributed by atoms with van der Waals surface area (Å²) in [5.41, 5.74) is 3.76. The second kappa shape index (κ2) is 11.7. The number of hydrogen-bond donors (Lipinski definition) is 3. The first-order valence-electron chi connectivity index (χ1n) is 14.5. The number of fused-ring (bicyclic) bond motifs is 1. The van der Waals surface area contributed by atoms with E-state index in [1.807, 2.05) is 6.92 Å². The third-order valence-electron chi connectivity index (χ3n) is 9.29. The number of allylic oxidation sites excluding steroid dienone is 1. The number of carboxylic acids is 1. The molecule has 0 spiro atoms. The molecule has 0 unspecified atom stereocenters. The van der Waals surface area contributed by atoms with Crippen LogP contribution in [0.25, 0.3) is 0 Å². The summed E-state index contributed by atoms with van der Waals surface area (Å²) in [4.78, 5) is 42.9. The van der Waals surface area contributed by atoms with Crippen molar-refractivity contribution in [3.05, 3.63) is 39.7 Å². The molecule has 1 aromatic carbocycles. The molecule has 5 rings (SSSR count). The molecule has 14 heteroatoms. The van der Waals surface area contributed by atoms with Crippen molar-refractivity contribution in [3.8, 4) is 5.75 Å². The summed E-state index contributed by atoms with van der Waals surface area (Å²) in [7, 11) is 1.23. The van der Waals surface area contributed by atoms with E-state index in [9.17, 15) is 32.7 Å². The second-order valence-corrected chi connectivity index (χ2v) is 12.7. The molecule has 1 saturated carbocycles. The first-order chi connectivity index (χ1) is 20.2. The van der Waals surface area contributed by atoms with Crippen molar-refractivity contribution in [3.63, 3.8) is 0 Å². The minimum absolute atomic E-state index is 0.0613. The molecule has 0 radical (unpaired) electrons. The van der Waals surface area contributed by atoms with Gasteiger partial charge in [-0.2, -0.15) is 13.2 Å². The maximum Gasteiger partial charge on any atom is 0.434 e. The molecule has 1 aliphatic carbocycles. The Balaban J connectivity index is 1.54. The van der Waals surface area contributed by atoms with Gasteiger partial charge in [0.25, 0.3) is 0 Å². The number of amides is 2. The molecule has 3 aliphatic heterocycles. The number of rotatable bonds is 7. The number of ether oxygens (including phenoxy) is 1. The minimum atomic E-state index is -4.64. The molecular weight excluding hydrogens is 591 g/mol. The molecule has 1 aromatic rings. The Morgan fingerprint density at radius 1 is 1.26 bits per heavy atom. The van der Waals surface area contributed by atoms with E-state index in [0.29, 0.717) is 54.8 Å². The van der Waals surface area contributed by atoms with Crippen LogP contribution in [0.15, 0.2) is 23.5 Å². The highest BCUT2D eigenvalue weighted by Gasteiger charge is 2.50.